The highest BCUT2D eigenvalue weighted by Gasteiger charge is 2.30. The molecule has 0 radical (unpaired) electrons. The van der Waals surface area contributed by atoms with Crippen molar-refractivity contribution in [3.8, 4) is 28.7 Å². The van der Waals surface area contributed by atoms with E-state index in [9.17, 15) is 9.59 Å². The standard InChI is InChI=1S/C27H33NO8/c1-8-28(9-2)23(29)14-18(16-12-21(33-5)27(35-7)22(13-16)34-6)25-20(32-4)15-19(31-3)17-10-11-24(30)36-26(17)25/h10-13,15,18H,8-9,14H2,1-7H3/t18-/m1/s1. The molecule has 2 aromatic carbocycles. The van der Waals surface area contributed by atoms with Gasteiger partial charge in [-0.2, -0.15) is 0 Å². The molecule has 0 aliphatic heterocycles. The van der Waals surface area contributed by atoms with E-state index in [0.717, 1.165) is 0 Å². The van der Waals surface area contributed by atoms with Gasteiger partial charge >= 0.3 is 5.63 Å². The fourth-order valence-corrected chi connectivity index (χ4v) is 4.43. The van der Waals surface area contributed by atoms with Crippen molar-refractivity contribution in [2.24, 2.45) is 0 Å². The Morgan fingerprint density at radius 3 is 1.92 bits per heavy atom. The summed E-state index contributed by atoms with van der Waals surface area (Å²) >= 11 is 0. The van der Waals surface area contributed by atoms with E-state index in [1.807, 2.05) is 13.8 Å². The molecule has 0 saturated carbocycles. The number of hydrogen-bond donors (Lipinski definition) is 0. The Balaban J connectivity index is 2.40. The lowest BCUT2D eigenvalue weighted by atomic mass is 9.85. The average molecular weight is 500 g/mol. The summed E-state index contributed by atoms with van der Waals surface area (Å²) in [5, 5.41) is 0.584. The molecule has 1 aromatic heterocycles. The Labute approximate surface area is 210 Å². The van der Waals surface area contributed by atoms with E-state index < -0.39 is 11.5 Å². The van der Waals surface area contributed by atoms with Gasteiger partial charge in [-0.1, -0.05) is 0 Å². The molecular weight excluding hydrogens is 466 g/mol. The van der Waals surface area contributed by atoms with Crippen molar-refractivity contribution in [1.29, 1.82) is 0 Å². The summed E-state index contributed by atoms with van der Waals surface area (Å²) in [6.07, 6.45) is 0.0801. The van der Waals surface area contributed by atoms with Crippen molar-refractivity contribution in [3.05, 3.63) is 51.9 Å². The molecule has 9 heteroatoms. The largest absolute Gasteiger partial charge is 0.496 e. The van der Waals surface area contributed by atoms with Gasteiger partial charge in [-0.05, 0) is 37.6 Å². The number of carbonyl (C=O) groups is 1. The number of benzene rings is 2. The molecule has 9 nitrogen and oxygen atoms in total. The van der Waals surface area contributed by atoms with Crippen molar-refractivity contribution in [2.45, 2.75) is 26.2 Å². The van der Waals surface area contributed by atoms with E-state index in [1.165, 1.54) is 41.6 Å². The molecule has 36 heavy (non-hydrogen) atoms. The Bertz CT molecular complexity index is 1250. The summed E-state index contributed by atoms with van der Waals surface area (Å²) in [6, 6.07) is 8.28. The predicted octanol–water partition coefficient (Wildman–Crippen LogP) is 4.23. The number of ether oxygens (including phenoxy) is 5. The normalized spacial score (nSPS) is 11.6. The van der Waals surface area contributed by atoms with Crippen LogP contribution >= 0.6 is 0 Å². The molecule has 3 rings (SSSR count). The number of methoxy groups -OCH3 is 5. The molecule has 0 bridgehead atoms. The number of rotatable bonds is 11. The summed E-state index contributed by atoms with van der Waals surface area (Å²) in [5.41, 5.74) is 0.990. The maximum Gasteiger partial charge on any atom is 0.336 e. The Kier molecular flexibility index (Phi) is 8.68. The van der Waals surface area contributed by atoms with Gasteiger partial charge in [-0.15, -0.1) is 0 Å². The van der Waals surface area contributed by atoms with Crippen LogP contribution in [0.5, 0.6) is 28.7 Å². The third-order valence-corrected chi connectivity index (χ3v) is 6.24. The Hall–Kier alpha value is -3.88. The molecule has 0 fully saturated rings. The van der Waals surface area contributed by atoms with Crippen molar-refractivity contribution in [2.75, 3.05) is 48.6 Å². The first-order valence-corrected chi connectivity index (χ1v) is 11.6. The van der Waals surface area contributed by atoms with Crippen LogP contribution in [0.15, 0.2) is 39.5 Å². The second-order valence-electron chi connectivity index (χ2n) is 7.97. The first kappa shape index (κ1) is 26.7. The molecule has 0 N–H and O–H groups in total. The van der Waals surface area contributed by atoms with Crippen molar-refractivity contribution < 1.29 is 32.9 Å². The van der Waals surface area contributed by atoms with Gasteiger partial charge in [-0.3, -0.25) is 4.79 Å². The van der Waals surface area contributed by atoms with E-state index in [1.54, 1.807) is 29.2 Å². The van der Waals surface area contributed by atoms with E-state index in [4.69, 9.17) is 28.1 Å². The van der Waals surface area contributed by atoms with Gasteiger partial charge in [-0.25, -0.2) is 4.79 Å². The monoisotopic (exact) mass is 499 g/mol. The number of amides is 1. The summed E-state index contributed by atoms with van der Waals surface area (Å²) in [5.74, 6) is 1.54. The lowest BCUT2D eigenvalue weighted by molar-refractivity contribution is -0.131. The highest BCUT2D eigenvalue weighted by atomic mass is 16.5. The van der Waals surface area contributed by atoms with Gasteiger partial charge in [0.2, 0.25) is 11.7 Å². The number of nitrogens with zero attached hydrogens (tertiary/aromatic N) is 1. The smallest absolute Gasteiger partial charge is 0.336 e. The number of carbonyl (C=O) groups excluding carboxylic acids is 1. The SMILES string of the molecule is CCN(CC)C(=O)C[C@H](c1cc(OC)c(OC)c(OC)c1)c1c(OC)cc(OC)c2ccc(=O)oc12. The molecule has 0 aliphatic carbocycles. The van der Waals surface area contributed by atoms with Crippen LogP contribution in [-0.4, -0.2) is 59.4 Å². The zero-order valence-corrected chi connectivity index (χ0v) is 21.8. The van der Waals surface area contributed by atoms with Crippen molar-refractivity contribution in [1.82, 2.24) is 4.90 Å². The predicted molar refractivity (Wildman–Crippen MR) is 136 cm³/mol. The minimum atomic E-state index is -0.583. The summed E-state index contributed by atoms with van der Waals surface area (Å²) in [6.45, 7) is 4.98. The molecule has 0 aliphatic rings. The van der Waals surface area contributed by atoms with Crippen LogP contribution < -0.4 is 29.3 Å². The van der Waals surface area contributed by atoms with Gasteiger partial charge in [0, 0.05) is 43.1 Å². The molecule has 3 aromatic rings. The van der Waals surface area contributed by atoms with E-state index in [0.29, 0.717) is 58.4 Å². The first-order valence-electron chi connectivity index (χ1n) is 11.6. The summed E-state index contributed by atoms with van der Waals surface area (Å²) in [7, 11) is 7.62. The van der Waals surface area contributed by atoms with Crippen LogP contribution in [0.2, 0.25) is 0 Å². The number of hydrogen-bond acceptors (Lipinski definition) is 8. The molecule has 1 heterocycles. The summed E-state index contributed by atoms with van der Waals surface area (Å²) < 4.78 is 33.6. The molecule has 1 amide bonds. The fourth-order valence-electron chi connectivity index (χ4n) is 4.43. The van der Waals surface area contributed by atoms with Crippen molar-refractivity contribution in [3.63, 3.8) is 0 Å². The second kappa shape index (κ2) is 11.7. The maximum atomic E-state index is 13.4. The van der Waals surface area contributed by atoms with Gasteiger partial charge in [0.05, 0.1) is 40.9 Å². The van der Waals surface area contributed by atoms with Crippen LogP contribution in [0.3, 0.4) is 0 Å². The van der Waals surface area contributed by atoms with Gasteiger partial charge < -0.3 is 33.0 Å². The van der Waals surface area contributed by atoms with Crippen LogP contribution in [0.1, 0.15) is 37.3 Å². The molecule has 0 unspecified atom stereocenters. The Morgan fingerprint density at radius 2 is 1.42 bits per heavy atom. The van der Waals surface area contributed by atoms with Crippen LogP contribution in [-0.2, 0) is 4.79 Å². The molecule has 0 saturated heterocycles. The van der Waals surface area contributed by atoms with E-state index in [2.05, 4.69) is 0 Å². The third-order valence-electron chi connectivity index (χ3n) is 6.24. The zero-order chi connectivity index (χ0) is 26.4. The number of fused-ring (bicyclic) bond motifs is 1. The molecule has 1 atom stereocenters. The average Bonchev–Trinajstić information content (AvgIpc) is 2.90. The van der Waals surface area contributed by atoms with Gasteiger partial charge in [0.1, 0.15) is 17.1 Å². The highest BCUT2D eigenvalue weighted by Crippen LogP contribution is 2.47. The van der Waals surface area contributed by atoms with Crippen LogP contribution in [0.25, 0.3) is 11.0 Å². The Morgan fingerprint density at radius 1 is 0.833 bits per heavy atom. The minimum Gasteiger partial charge on any atom is -0.496 e. The van der Waals surface area contributed by atoms with E-state index in [-0.39, 0.29) is 17.9 Å². The second-order valence-corrected chi connectivity index (χ2v) is 7.97. The zero-order valence-electron chi connectivity index (χ0n) is 21.8. The van der Waals surface area contributed by atoms with Gasteiger partial charge in [0.15, 0.2) is 11.5 Å². The van der Waals surface area contributed by atoms with Crippen LogP contribution in [0, 0.1) is 0 Å². The third kappa shape index (κ3) is 5.05. The lowest BCUT2D eigenvalue weighted by Gasteiger charge is -2.26. The fraction of sp³-hybridized carbons (Fsp3) is 0.407. The summed E-state index contributed by atoms with van der Waals surface area (Å²) in [4.78, 5) is 27.5. The topological polar surface area (TPSA) is 96.7 Å². The first-order chi connectivity index (χ1) is 17.4. The lowest BCUT2D eigenvalue weighted by Crippen LogP contribution is -2.31. The quantitative estimate of drug-likeness (QED) is 0.362. The highest BCUT2D eigenvalue weighted by molar-refractivity contribution is 5.90. The van der Waals surface area contributed by atoms with E-state index >= 15 is 0 Å². The van der Waals surface area contributed by atoms with Crippen LogP contribution in [0.4, 0.5) is 0 Å². The molecule has 194 valence electrons. The van der Waals surface area contributed by atoms with Crippen molar-refractivity contribution >= 4 is 16.9 Å². The van der Waals surface area contributed by atoms with Gasteiger partial charge in [0.25, 0.3) is 0 Å². The maximum absolute atomic E-state index is 13.4. The minimum absolute atomic E-state index is 0.0666. The molecular formula is C27H33NO8. The molecule has 0 spiro atoms.